The number of carbonyl (C=O) groups is 2. The van der Waals surface area contributed by atoms with Crippen LogP contribution in [0.25, 0.3) is 0 Å². The predicted octanol–water partition coefficient (Wildman–Crippen LogP) is 2.81. The monoisotopic (exact) mass is 499 g/mol. The first-order valence-corrected chi connectivity index (χ1v) is 13.4. The lowest BCUT2D eigenvalue weighted by molar-refractivity contribution is -0.139. The molecule has 1 atom stereocenters. The number of nitrogens with zero attached hydrogens (tertiary/aromatic N) is 4. The minimum Gasteiger partial charge on any atom is -0.376 e. The van der Waals surface area contributed by atoms with Crippen LogP contribution >= 0.6 is 0 Å². The number of benzene rings is 1. The second-order valence-electron chi connectivity index (χ2n) is 12.1. The molecule has 36 heavy (non-hydrogen) atoms. The molecular formula is C28H45N5O3. The second kappa shape index (κ2) is 9.95. The van der Waals surface area contributed by atoms with E-state index in [0.717, 1.165) is 32.2 Å². The minimum atomic E-state index is -1.17. The first-order chi connectivity index (χ1) is 16.9. The maximum Gasteiger partial charge on any atom is 0.321 e. The van der Waals surface area contributed by atoms with Gasteiger partial charge in [-0.25, -0.2) is 4.79 Å². The van der Waals surface area contributed by atoms with Crippen molar-refractivity contribution in [3.8, 4) is 0 Å². The average Bonchev–Trinajstić information content (AvgIpc) is 3.06. The highest BCUT2D eigenvalue weighted by atomic mass is 16.3. The number of hydrogen-bond donors (Lipinski definition) is 2. The molecule has 1 aromatic rings. The third-order valence-electron chi connectivity index (χ3n) is 9.69. The summed E-state index contributed by atoms with van der Waals surface area (Å²) in [5.74, 6) is 0.353. The third kappa shape index (κ3) is 4.63. The lowest BCUT2D eigenvalue weighted by Crippen LogP contribution is -2.58. The van der Waals surface area contributed by atoms with E-state index in [4.69, 9.17) is 5.73 Å². The molecule has 3 aliphatic rings. The highest BCUT2D eigenvalue weighted by molar-refractivity contribution is 5.86. The summed E-state index contributed by atoms with van der Waals surface area (Å²) in [5.41, 5.74) is 5.83. The van der Waals surface area contributed by atoms with Gasteiger partial charge in [0.15, 0.2) is 0 Å². The Hall–Kier alpha value is -2.16. The van der Waals surface area contributed by atoms with E-state index in [9.17, 15) is 14.7 Å². The van der Waals surface area contributed by atoms with Gasteiger partial charge in [0.1, 0.15) is 12.8 Å². The van der Waals surface area contributed by atoms with Gasteiger partial charge in [0.05, 0.1) is 11.1 Å². The number of nitrogens with two attached hydrogens (primary N) is 1. The summed E-state index contributed by atoms with van der Waals surface area (Å²) in [4.78, 5) is 34.6. The van der Waals surface area contributed by atoms with E-state index in [1.54, 1.807) is 25.8 Å². The Morgan fingerprint density at radius 2 is 1.75 bits per heavy atom. The van der Waals surface area contributed by atoms with Gasteiger partial charge in [-0.1, -0.05) is 36.8 Å². The van der Waals surface area contributed by atoms with Crippen molar-refractivity contribution in [2.45, 2.75) is 81.6 Å². The Labute approximate surface area is 216 Å². The van der Waals surface area contributed by atoms with Gasteiger partial charge in [-0.2, -0.15) is 0 Å². The van der Waals surface area contributed by atoms with Gasteiger partial charge in [-0.05, 0) is 77.9 Å². The molecule has 4 rings (SSSR count). The zero-order valence-corrected chi connectivity index (χ0v) is 22.7. The maximum atomic E-state index is 13.8. The minimum absolute atomic E-state index is 0.00586. The Bertz CT molecular complexity index is 936. The van der Waals surface area contributed by atoms with Crippen LogP contribution in [0.2, 0.25) is 0 Å². The summed E-state index contributed by atoms with van der Waals surface area (Å²) in [6.07, 6.45) is 6.17. The number of aliphatic hydroxyl groups excluding tert-OH is 1. The van der Waals surface area contributed by atoms with Crippen molar-refractivity contribution in [2.24, 2.45) is 11.7 Å². The summed E-state index contributed by atoms with van der Waals surface area (Å²) in [6, 6.07) is 10.7. The van der Waals surface area contributed by atoms with Crippen molar-refractivity contribution in [2.75, 3.05) is 40.8 Å². The molecule has 3 N–H and O–H groups in total. The predicted molar refractivity (Wildman–Crippen MR) is 141 cm³/mol. The Morgan fingerprint density at radius 1 is 1.14 bits per heavy atom. The van der Waals surface area contributed by atoms with Crippen LogP contribution in [0.1, 0.15) is 64.4 Å². The van der Waals surface area contributed by atoms with E-state index in [-0.39, 0.29) is 29.6 Å². The fourth-order valence-electron chi connectivity index (χ4n) is 6.30. The summed E-state index contributed by atoms with van der Waals surface area (Å²) in [7, 11) is 5.96. The molecule has 0 bridgehead atoms. The summed E-state index contributed by atoms with van der Waals surface area (Å²) >= 11 is 0. The molecule has 8 heteroatoms. The van der Waals surface area contributed by atoms with E-state index in [2.05, 4.69) is 54.2 Å². The molecule has 2 aliphatic carbocycles. The van der Waals surface area contributed by atoms with Gasteiger partial charge in [0.25, 0.3) is 0 Å². The molecule has 1 saturated heterocycles. The first-order valence-electron chi connectivity index (χ1n) is 13.4. The van der Waals surface area contributed by atoms with E-state index in [0.29, 0.717) is 12.5 Å². The van der Waals surface area contributed by atoms with Crippen molar-refractivity contribution >= 4 is 11.9 Å². The molecule has 200 valence electrons. The van der Waals surface area contributed by atoms with E-state index >= 15 is 0 Å². The molecule has 0 aromatic heterocycles. The number of likely N-dealkylation sites (N-methyl/N-ethyl adjacent to an activating group) is 1. The normalized spacial score (nSPS) is 28.1. The summed E-state index contributed by atoms with van der Waals surface area (Å²) < 4.78 is 0. The van der Waals surface area contributed by atoms with Crippen molar-refractivity contribution in [3.63, 3.8) is 0 Å². The lowest BCUT2D eigenvalue weighted by atomic mass is 9.68. The number of hydrogen-bond acceptors (Lipinski definition) is 5. The molecule has 8 nitrogen and oxygen atoms in total. The number of aliphatic hydroxyl groups is 1. The Kier molecular flexibility index (Phi) is 7.43. The molecular weight excluding hydrogens is 454 g/mol. The smallest absolute Gasteiger partial charge is 0.321 e. The molecule has 1 aromatic carbocycles. The largest absolute Gasteiger partial charge is 0.376 e. The molecule has 1 aliphatic heterocycles. The quantitative estimate of drug-likeness (QED) is 0.537. The van der Waals surface area contributed by atoms with Crippen LogP contribution in [0.3, 0.4) is 0 Å². The van der Waals surface area contributed by atoms with E-state index < -0.39 is 11.8 Å². The van der Waals surface area contributed by atoms with Crippen LogP contribution in [0.4, 0.5) is 4.79 Å². The fourth-order valence-corrected chi connectivity index (χ4v) is 6.30. The molecule has 1 heterocycles. The lowest BCUT2D eigenvalue weighted by Gasteiger charge is -2.51. The van der Waals surface area contributed by atoms with E-state index in [1.807, 2.05) is 0 Å². The first kappa shape index (κ1) is 26.9. The molecule has 3 amide bonds. The van der Waals surface area contributed by atoms with Gasteiger partial charge in [-0.15, -0.1) is 0 Å². The van der Waals surface area contributed by atoms with Crippen LogP contribution in [0, 0.1) is 5.92 Å². The molecule has 2 saturated carbocycles. The van der Waals surface area contributed by atoms with Gasteiger partial charge in [0, 0.05) is 25.7 Å². The fraction of sp³-hybridized carbons (Fsp3) is 0.714. The van der Waals surface area contributed by atoms with Crippen LogP contribution in [0.15, 0.2) is 30.3 Å². The highest BCUT2D eigenvalue weighted by Crippen LogP contribution is 2.49. The molecule has 3 fully saturated rings. The van der Waals surface area contributed by atoms with Crippen molar-refractivity contribution in [1.82, 2.24) is 19.6 Å². The standard InChI is InChI=1S/C28H45N5O3/c1-26(2,24(29)35)31(5)23(34)19-32-20-27(33(25(32)36)18-21-10-9-11-21)14-16-28(17-15-27,30(3)4)22-12-7-6-8-13-22/h6-8,12-13,21,24,35H,9-11,14-20,29H2,1-5H3. The zero-order chi connectivity index (χ0) is 26.3. The maximum absolute atomic E-state index is 13.8. The number of urea groups is 1. The van der Waals surface area contributed by atoms with Gasteiger partial charge >= 0.3 is 6.03 Å². The molecule has 1 spiro atoms. The molecule has 0 radical (unpaired) electrons. The summed E-state index contributed by atoms with van der Waals surface area (Å²) in [6.45, 7) is 4.83. The van der Waals surface area contributed by atoms with Crippen molar-refractivity contribution in [1.29, 1.82) is 0 Å². The average molecular weight is 500 g/mol. The molecule has 1 unspecified atom stereocenters. The highest BCUT2D eigenvalue weighted by Gasteiger charge is 2.55. The van der Waals surface area contributed by atoms with Crippen LogP contribution in [-0.4, -0.2) is 94.7 Å². The van der Waals surface area contributed by atoms with Crippen molar-refractivity contribution < 1.29 is 14.7 Å². The van der Waals surface area contributed by atoms with Crippen LogP contribution in [0.5, 0.6) is 0 Å². The third-order valence-corrected chi connectivity index (χ3v) is 9.69. The second-order valence-corrected chi connectivity index (χ2v) is 12.1. The van der Waals surface area contributed by atoms with Gasteiger partial charge in [-0.3, -0.25) is 9.69 Å². The Balaban J connectivity index is 1.55. The number of carbonyl (C=O) groups excluding carboxylic acids is 2. The van der Waals surface area contributed by atoms with E-state index in [1.165, 1.54) is 29.7 Å². The number of amides is 3. The Morgan fingerprint density at radius 3 is 2.25 bits per heavy atom. The van der Waals surface area contributed by atoms with Crippen LogP contribution < -0.4 is 5.73 Å². The number of rotatable bonds is 8. The van der Waals surface area contributed by atoms with Crippen LogP contribution in [-0.2, 0) is 10.3 Å². The summed E-state index contributed by atoms with van der Waals surface area (Å²) in [5, 5.41) is 9.96. The van der Waals surface area contributed by atoms with Crippen molar-refractivity contribution in [3.05, 3.63) is 35.9 Å². The van der Waals surface area contributed by atoms with Gasteiger partial charge < -0.3 is 25.5 Å². The SMILES string of the molecule is CN(C)C1(c2ccccc2)CCC2(CC1)CN(CC(=O)N(C)C(C)(C)C(N)O)C(=O)N2CC1CCC1. The topological polar surface area (TPSA) is 93.4 Å². The zero-order valence-electron chi connectivity index (χ0n) is 22.7. The van der Waals surface area contributed by atoms with Gasteiger partial charge in [0.2, 0.25) is 5.91 Å².